The molecule has 1 aliphatic carbocycles. The first-order chi connectivity index (χ1) is 9.63. The summed E-state index contributed by atoms with van der Waals surface area (Å²) in [6.07, 6.45) is 4.51. The Kier molecular flexibility index (Phi) is 3.76. The molecule has 0 spiro atoms. The van der Waals surface area contributed by atoms with Gasteiger partial charge in [0.15, 0.2) is 0 Å². The number of carbonyl (C=O) groups is 1. The summed E-state index contributed by atoms with van der Waals surface area (Å²) in [7, 11) is 0. The van der Waals surface area contributed by atoms with Crippen molar-refractivity contribution in [3.05, 3.63) is 50.4 Å². The van der Waals surface area contributed by atoms with Gasteiger partial charge in [-0.2, -0.15) is 0 Å². The summed E-state index contributed by atoms with van der Waals surface area (Å²) in [6.45, 7) is 0. The minimum Gasteiger partial charge on any atom is -0.321 e. The fourth-order valence-electron chi connectivity index (χ4n) is 2.37. The lowest BCUT2D eigenvalue weighted by Crippen LogP contribution is -2.10. The van der Waals surface area contributed by atoms with Crippen LogP contribution in [0.4, 0.5) is 10.1 Å². The van der Waals surface area contributed by atoms with E-state index >= 15 is 0 Å². The van der Waals surface area contributed by atoms with E-state index in [1.165, 1.54) is 41.5 Å². The van der Waals surface area contributed by atoms with Gasteiger partial charge in [-0.3, -0.25) is 4.79 Å². The zero-order valence-corrected chi connectivity index (χ0v) is 12.3. The number of rotatable bonds is 2. The van der Waals surface area contributed by atoms with Crippen molar-refractivity contribution in [2.75, 3.05) is 5.32 Å². The van der Waals surface area contributed by atoms with Crippen LogP contribution < -0.4 is 5.32 Å². The van der Waals surface area contributed by atoms with Crippen LogP contribution in [0.2, 0.25) is 5.02 Å². The van der Waals surface area contributed by atoms with Gasteiger partial charge in [-0.15, -0.1) is 11.3 Å². The Morgan fingerprint density at radius 1 is 1.25 bits per heavy atom. The first-order valence-electron chi connectivity index (χ1n) is 6.51. The molecule has 1 heterocycles. The number of halogens is 2. The molecule has 0 radical (unpaired) electrons. The summed E-state index contributed by atoms with van der Waals surface area (Å²) in [5.74, 6) is -0.650. The fraction of sp³-hybridized carbons (Fsp3) is 0.267. The molecule has 2 nitrogen and oxygen atoms in total. The normalized spacial score (nSPS) is 13.9. The molecular weight excluding hydrogens is 297 g/mol. The second kappa shape index (κ2) is 5.54. The largest absolute Gasteiger partial charge is 0.321 e. The predicted molar refractivity (Wildman–Crippen MR) is 80.3 cm³/mol. The quantitative estimate of drug-likeness (QED) is 0.858. The third kappa shape index (κ3) is 2.72. The number of carbonyl (C=O) groups excluding carboxylic acids is 1. The molecule has 0 fully saturated rings. The first-order valence-corrected chi connectivity index (χ1v) is 7.71. The molecule has 2 aromatic rings. The van der Waals surface area contributed by atoms with Crippen LogP contribution in [-0.4, -0.2) is 5.91 Å². The summed E-state index contributed by atoms with van der Waals surface area (Å²) < 4.78 is 13.1. The van der Waals surface area contributed by atoms with Crippen molar-refractivity contribution in [3.8, 4) is 0 Å². The molecule has 0 aliphatic heterocycles. The lowest BCUT2D eigenvalue weighted by Gasteiger charge is -2.08. The molecule has 20 heavy (non-hydrogen) atoms. The SMILES string of the molecule is O=C(Nc1ccc(F)c(Cl)c1)c1cc2c(s1)CCCC2. The third-order valence-corrected chi connectivity index (χ3v) is 4.92. The van der Waals surface area contributed by atoms with Gasteiger partial charge in [-0.05, 0) is 55.5 Å². The van der Waals surface area contributed by atoms with Gasteiger partial charge in [0.05, 0.1) is 9.90 Å². The first kappa shape index (κ1) is 13.6. The fourth-order valence-corrected chi connectivity index (χ4v) is 3.70. The van der Waals surface area contributed by atoms with Crippen molar-refractivity contribution in [1.29, 1.82) is 0 Å². The maximum absolute atomic E-state index is 13.1. The van der Waals surface area contributed by atoms with Crippen molar-refractivity contribution < 1.29 is 9.18 Å². The van der Waals surface area contributed by atoms with Crippen LogP contribution in [0.5, 0.6) is 0 Å². The highest BCUT2D eigenvalue weighted by Gasteiger charge is 2.17. The Labute approximate surface area is 125 Å². The van der Waals surface area contributed by atoms with Gasteiger partial charge < -0.3 is 5.32 Å². The van der Waals surface area contributed by atoms with Crippen molar-refractivity contribution >= 4 is 34.5 Å². The second-order valence-corrected chi connectivity index (χ2v) is 6.39. The van der Waals surface area contributed by atoms with Gasteiger partial charge in [-0.25, -0.2) is 4.39 Å². The van der Waals surface area contributed by atoms with E-state index in [1.54, 1.807) is 11.3 Å². The molecule has 5 heteroatoms. The van der Waals surface area contributed by atoms with Gasteiger partial charge in [-0.1, -0.05) is 11.6 Å². The van der Waals surface area contributed by atoms with Crippen molar-refractivity contribution in [2.45, 2.75) is 25.7 Å². The maximum Gasteiger partial charge on any atom is 0.265 e. The molecule has 104 valence electrons. The molecule has 0 saturated heterocycles. The monoisotopic (exact) mass is 309 g/mol. The number of aryl methyl sites for hydroxylation is 2. The Balaban J connectivity index is 1.78. The standard InChI is InChI=1S/C15H13ClFNOS/c16-11-8-10(5-6-12(11)17)18-15(19)14-7-9-3-1-2-4-13(9)20-14/h5-8H,1-4H2,(H,18,19). The van der Waals surface area contributed by atoms with Crippen LogP contribution in [0.3, 0.4) is 0 Å². The average molecular weight is 310 g/mol. The highest BCUT2D eigenvalue weighted by molar-refractivity contribution is 7.14. The molecule has 0 unspecified atom stereocenters. The Morgan fingerprint density at radius 3 is 2.80 bits per heavy atom. The van der Waals surface area contributed by atoms with E-state index in [9.17, 15) is 9.18 Å². The lowest BCUT2D eigenvalue weighted by molar-refractivity contribution is 0.103. The highest BCUT2D eigenvalue weighted by atomic mass is 35.5. The van der Waals surface area contributed by atoms with Crippen LogP contribution in [0.25, 0.3) is 0 Å². The number of thiophene rings is 1. The summed E-state index contributed by atoms with van der Waals surface area (Å²) in [6, 6.07) is 6.14. The zero-order chi connectivity index (χ0) is 14.1. The topological polar surface area (TPSA) is 29.1 Å². The van der Waals surface area contributed by atoms with Gasteiger partial charge >= 0.3 is 0 Å². The van der Waals surface area contributed by atoms with Gasteiger partial charge in [0, 0.05) is 10.6 Å². The minimum absolute atomic E-state index is 0.00766. The molecule has 1 N–H and O–H groups in total. The van der Waals surface area contributed by atoms with Crippen LogP contribution in [-0.2, 0) is 12.8 Å². The molecule has 3 rings (SSSR count). The number of anilines is 1. The Bertz CT molecular complexity index is 644. The van der Waals surface area contributed by atoms with Crippen LogP contribution in [0, 0.1) is 5.82 Å². The summed E-state index contributed by atoms with van der Waals surface area (Å²) >= 11 is 7.25. The van der Waals surface area contributed by atoms with E-state index in [1.807, 2.05) is 6.07 Å². The number of hydrogen-bond acceptors (Lipinski definition) is 2. The minimum atomic E-state index is -0.490. The van der Waals surface area contributed by atoms with E-state index in [0.29, 0.717) is 10.6 Å². The maximum atomic E-state index is 13.1. The summed E-state index contributed by atoms with van der Waals surface area (Å²) in [4.78, 5) is 14.2. The third-order valence-electron chi connectivity index (χ3n) is 3.40. The van der Waals surface area contributed by atoms with Crippen molar-refractivity contribution in [1.82, 2.24) is 0 Å². The van der Waals surface area contributed by atoms with Gasteiger partial charge in [0.25, 0.3) is 5.91 Å². The summed E-state index contributed by atoms with van der Waals surface area (Å²) in [5, 5.41) is 2.76. The second-order valence-electron chi connectivity index (χ2n) is 4.85. The highest BCUT2D eigenvalue weighted by Crippen LogP contribution is 2.30. The lowest BCUT2D eigenvalue weighted by atomic mass is 9.99. The number of nitrogens with one attached hydrogen (secondary N) is 1. The molecule has 1 amide bonds. The molecule has 1 aromatic carbocycles. The van der Waals surface area contributed by atoms with E-state index in [4.69, 9.17) is 11.6 Å². The number of fused-ring (bicyclic) bond motifs is 1. The number of hydrogen-bond donors (Lipinski definition) is 1. The van der Waals surface area contributed by atoms with E-state index in [-0.39, 0.29) is 10.9 Å². The smallest absolute Gasteiger partial charge is 0.265 e. The number of amides is 1. The molecule has 1 aromatic heterocycles. The molecular formula is C15H13ClFNOS. The van der Waals surface area contributed by atoms with E-state index < -0.39 is 5.82 Å². The molecule has 1 aliphatic rings. The number of benzene rings is 1. The predicted octanol–water partition coefficient (Wildman–Crippen LogP) is 4.67. The average Bonchev–Trinajstić information content (AvgIpc) is 2.87. The zero-order valence-electron chi connectivity index (χ0n) is 10.7. The van der Waals surface area contributed by atoms with E-state index in [0.717, 1.165) is 12.8 Å². The Morgan fingerprint density at radius 2 is 2.05 bits per heavy atom. The van der Waals surface area contributed by atoms with Gasteiger partial charge in [0.1, 0.15) is 5.82 Å². The van der Waals surface area contributed by atoms with E-state index in [2.05, 4.69) is 5.32 Å². The summed E-state index contributed by atoms with van der Waals surface area (Å²) in [5.41, 5.74) is 1.80. The van der Waals surface area contributed by atoms with Crippen LogP contribution in [0.15, 0.2) is 24.3 Å². The Hall–Kier alpha value is -1.39. The molecule has 0 bridgehead atoms. The van der Waals surface area contributed by atoms with Crippen molar-refractivity contribution in [3.63, 3.8) is 0 Å². The van der Waals surface area contributed by atoms with Gasteiger partial charge in [0.2, 0.25) is 0 Å². The van der Waals surface area contributed by atoms with Crippen LogP contribution in [0.1, 0.15) is 33.0 Å². The van der Waals surface area contributed by atoms with Crippen molar-refractivity contribution in [2.24, 2.45) is 0 Å². The van der Waals surface area contributed by atoms with Crippen LogP contribution >= 0.6 is 22.9 Å². The molecule has 0 saturated carbocycles. The molecule has 0 atom stereocenters.